The zero-order valence-corrected chi connectivity index (χ0v) is 15.3. The molecule has 2 heterocycles. The molecule has 1 saturated heterocycles. The minimum atomic E-state index is -3.57. The molecule has 1 aromatic heterocycles. The SMILES string of the molecule is CCN1CCC(N(C)S(=O)(=O)c2cc(CCl)oc2Br)CC1. The average molecular weight is 400 g/mol. The van der Waals surface area contributed by atoms with Gasteiger partial charge in [0.2, 0.25) is 10.0 Å². The maximum absolute atomic E-state index is 12.7. The van der Waals surface area contributed by atoms with E-state index < -0.39 is 10.0 Å². The number of alkyl halides is 1. The summed E-state index contributed by atoms with van der Waals surface area (Å²) >= 11 is 8.86. The first kappa shape index (κ1) is 17.3. The first-order valence-corrected chi connectivity index (χ1v) is 9.71. The second-order valence-electron chi connectivity index (χ2n) is 5.17. The van der Waals surface area contributed by atoms with Crippen molar-refractivity contribution in [3.05, 3.63) is 16.5 Å². The highest BCUT2D eigenvalue weighted by atomic mass is 79.9. The molecule has 0 N–H and O–H groups in total. The molecule has 1 aromatic rings. The number of hydrogen-bond donors (Lipinski definition) is 0. The molecule has 0 amide bonds. The number of piperidine rings is 1. The number of likely N-dealkylation sites (tertiary alicyclic amines) is 1. The third-order valence-electron chi connectivity index (χ3n) is 4.01. The number of furan rings is 1. The Balaban J connectivity index is 2.17. The third kappa shape index (κ3) is 3.64. The van der Waals surface area contributed by atoms with Gasteiger partial charge in [0.05, 0.1) is 5.88 Å². The lowest BCUT2D eigenvalue weighted by Crippen LogP contribution is -2.45. The van der Waals surface area contributed by atoms with Gasteiger partial charge in [-0.2, -0.15) is 4.31 Å². The van der Waals surface area contributed by atoms with Crippen molar-refractivity contribution in [2.24, 2.45) is 0 Å². The van der Waals surface area contributed by atoms with Crippen LogP contribution in [0.25, 0.3) is 0 Å². The molecule has 0 atom stereocenters. The lowest BCUT2D eigenvalue weighted by molar-refractivity contribution is 0.176. The van der Waals surface area contributed by atoms with Crippen LogP contribution >= 0.6 is 27.5 Å². The summed E-state index contributed by atoms with van der Waals surface area (Å²) in [6.45, 7) is 4.99. The largest absolute Gasteiger partial charge is 0.452 e. The number of halogens is 2. The summed E-state index contributed by atoms with van der Waals surface area (Å²) in [4.78, 5) is 2.48. The molecule has 1 fully saturated rings. The minimum absolute atomic E-state index is 0.0269. The molecular formula is C13H20BrClN2O3S. The van der Waals surface area contributed by atoms with Gasteiger partial charge in [0, 0.05) is 19.2 Å². The molecule has 21 heavy (non-hydrogen) atoms. The van der Waals surface area contributed by atoms with Crippen LogP contribution in [0.5, 0.6) is 0 Å². The van der Waals surface area contributed by atoms with Crippen LogP contribution in [0.3, 0.4) is 0 Å². The van der Waals surface area contributed by atoms with E-state index in [1.54, 1.807) is 7.05 Å². The van der Waals surface area contributed by atoms with Gasteiger partial charge in [-0.25, -0.2) is 8.42 Å². The highest BCUT2D eigenvalue weighted by molar-refractivity contribution is 9.10. The molecule has 0 aliphatic carbocycles. The van der Waals surface area contributed by atoms with Crippen LogP contribution in [0.4, 0.5) is 0 Å². The Morgan fingerprint density at radius 1 is 1.48 bits per heavy atom. The molecule has 0 saturated carbocycles. The molecule has 0 radical (unpaired) electrons. The van der Waals surface area contributed by atoms with Crippen molar-refractivity contribution >= 4 is 37.6 Å². The van der Waals surface area contributed by atoms with Gasteiger partial charge >= 0.3 is 0 Å². The van der Waals surface area contributed by atoms with E-state index in [0.717, 1.165) is 32.5 Å². The minimum Gasteiger partial charge on any atom is -0.452 e. The predicted octanol–water partition coefficient (Wildman–Crippen LogP) is 2.89. The predicted molar refractivity (Wildman–Crippen MR) is 86.0 cm³/mol. The number of rotatable bonds is 5. The third-order valence-corrected chi connectivity index (χ3v) is 7.04. The quantitative estimate of drug-likeness (QED) is 0.714. The summed E-state index contributed by atoms with van der Waals surface area (Å²) in [6, 6.07) is 1.52. The van der Waals surface area contributed by atoms with Gasteiger partial charge < -0.3 is 9.32 Å². The Labute approximate surface area is 139 Å². The van der Waals surface area contributed by atoms with Crippen molar-refractivity contribution in [1.82, 2.24) is 9.21 Å². The van der Waals surface area contributed by atoms with Crippen LogP contribution in [-0.4, -0.2) is 50.3 Å². The van der Waals surface area contributed by atoms with Gasteiger partial charge in [-0.15, -0.1) is 11.6 Å². The van der Waals surface area contributed by atoms with E-state index in [4.69, 9.17) is 16.0 Å². The molecule has 2 rings (SSSR count). The molecule has 0 unspecified atom stereocenters. The zero-order chi connectivity index (χ0) is 15.6. The lowest BCUT2D eigenvalue weighted by atomic mass is 10.1. The van der Waals surface area contributed by atoms with Crippen LogP contribution in [0.2, 0.25) is 0 Å². The normalized spacial score (nSPS) is 18.5. The Kier molecular flexibility index (Phi) is 5.76. The van der Waals surface area contributed by atoms with Crippen molar-refractivity contribution in [3.8, 4) is 0 Å². The highest BCUT2D eigenvalue weighted by Crippen LogP contribution is 2.31. The van der Waals surface area contributed by atoms with Gasteiger partial charge in [0.15, 0.2) is 4.67 Å². The molecule has 0 spiro atoms. The van der Waals surface area contributed by atoms with Gasteiger partial charge in [-0.3, -0.25) is 0 Å². The molecule has 1 aliphatic rings. The fourth-order valence-electron chi connectivity index (χ4n) is 2.59. The van der Waals surface area contributed by atoms with E-state index in [-0.39, 0.29) is 21.5 Å². The molecular weight excluding hydrogens is 380 g/mol. The summed E-state index contributed by atoms with van der Waals surface area (Å²) in [5.41, 5.74) is 0. The van der Waals surface area contributed by atoms with E-state index in [1.807, 2.05) is 0 Å². The van der Waals surface area contributed by atoms with Gasteiger partial charge in [-0.05, 0) is 48.4 Å². The van der Waals surface area contributed by atoms with E-state index in [0.29, 0.717) is 5.76 Å². The monoisotopic (exact) mass is 398 g/mol. The Morgan fingerprint density at radius 2 is 2.10 bits per heavy atom. The second-order valence-corrected chi connectivity index (χ2v) is 8.12. The first-order chi connectivity index (χ1) is 9.90. The molecule has 0 bridgehead atoms. The number of nitrogens with zero attached hydrogens (tertiary/aromatic N) is 2. The maximum Gasteiger partial charge on any atom is 0.247 e. The summed E-state index contributed by atoms with van der Waals surface area (Å²) in [5, 5.41) is 0. The fraction of sp³-hybridized carbons (Fsp3) is 0.692. The zero-order valence-electron chi connectivity index (χ0n) is 12.2. The van der Waals surface area contributed by atoms with Crippen LogP contribution in [0, 0.1) is 0 Å². The lowest BCUT2D eigenvalue weighted by Gasteiger charge is -2.35. The Morgan fingerprint density at radius 3 is 2.57 bits per heavy atom. The maximum atomic E-state index is 12.7. The van der Waals surface area contributed by atoms with Gasteiger partial charge in [0.25, 0.3) is 0 Å². The van der Waals surface area contributed by atoms with E-state index in [1.165, 1.54) is 10.4 Å². The van der Waals surface area contributed by atoms with Crippen molar-refractivity contribution in [3.63, 3.8) is 0 Å². The van der Waals surface area contributed by atoms with Crippen LogP contribution in [0.1, 0.15) is 25.5 Å². The molecule has 8 heteroatoms. The average Bonchev–Trinajstić information content (AvgIpc) is 2.88. The second kappa shape index (κ2) is 7.00. The molecule has 1 aliphatic heterocycles. The fourth-order valence-corrected chi connectivity index (χ4v) is 5.10. The number of hydrogen-bond acceptors (Lipinski definition) is 4. The van der Waals surface area contributed by atoms with Crippen LogP contribution < -0.4 is 0 Å². The van der Waals surface area contributed by atoms with Crippen molar-refractivity contribution < 1.29 is 12.8 Å². The highest BCUT2D eigenvalue weighted by Gasteiger charge is 2.33. The summed E-state index contributed by atoms with van der Waals surface area (Å²) in [6.07, 6.45) is 1.70. The van der Waals surface area contributed by atoms with E-state index in [9.17, 15) is 8.42 Å². The van der Waals surface area contributed by atoms with E-state index in [2.05, 4.69) is 27.8 Å². The molecule has 5 nitrogen and oxygen atoms in total. The topological polar surface area (TPSA) is 53.8 Å². The van der Waals surface area contributed by atoms with Crippen molar-refractivity contribution in [2.45, 2.75) is 36.6 Å². The Bertz CT molecular complexity index is 582. The van der Waals surface area contributed by atoms with Crippen molar-refractivity contribution in [1.29, 1.82) is 0 Å². The first-order valence-electron chi connectivity index (χ1n) is 6.94. The van der Waals surface area contributed by atoms with Crippen molar-refractivity contribution in [2.75, 3.05) is 26.7 Å². The smallest absolute Gasteiger partial charge is 0.247 e. The summed E-state index contributed by atoms with van der Waals surface area (Å²) < 4.78 is 32.4. The van der Waals surface area contributed by atoms with Gasteiger partial charge in [0.1, 0.15) is 10.7 Å². The molecule has 0 aromatic carbocycles. The standard InChI is InChI=1S/C13H20BrClN2O3S/c1-3-17-6-4-10(5-7-17)16(2)21(18,19)12-8-11(9-15)20-13(12)14/h8,10H,3-7,9H2,1-2H3. The van der Waals surface area contributed by atoms with E-state index >= 15 is 0 Å². The van der Waals surface area contributed by atoms with Crippen LogP contribution in [0.15, 0.2) is 20.0 Å². The number of sulfonamides is 1. The summed E-state index contributed by atoms with van der Waals surface area (Å²) in [5.74, 6) is 0.587. The van der Waals surface area contributed by atoms with Crippen LogP contribution in [-0.2, 0) is 15.9 Å². The summed E-state index contributed by atoms with van der Waals surface area (Å²) in [7, 11) is -1.93. The van der Waals surface area contributed by atoms with Gasteiger partial charge in [-0.1, -0.05) is 6.92 Å². The Hall–Kier alpha value is -0.0800. The molecule has 120 valence electrons.